The van der Waals surface area contributed by atoms with E-state index in [0.29, 0.717) is 0 Å². The molecular weight excluding hydrogens is 767 g/mol. The molecule has 5 nitrogen and oxygen atoms in total. The van der Waals surface area contributed by atoms with Crippen LogP contribution in [0.15, 0.2) is 249 Å². The Bertz CT molecular complexity index is 2870. The number of fused-ring (bicyclic) bond motifs is 6. The Kier molecular flexibility index (Phi) is 9.80. The Balaban J connectivity index is 1.19. The highest BCUT2D eigenvalue weighted by atomic mass is 15.2. The van der Waals surface area contributed by atoms with E-state index >= 15 is 0 Å². The third-order valence-corrected chi connectivity index (χ3v) is 11.5. The van der Waals surface area contributed by atoms with E-state index < -0.39 is 0 Å². The lowest BCUT2D eigenvalue weighted by Gasteiger charge is -2.33. The van der Waals surface area contributed by atoms with Gasteiger partial charge in [-0.3, -0.25) is 0 Å². The SMILES string of the molecule is c1ccc(-c2cc(N3c4cccc(c4)N(c4ccccc4)c4cccc(c4)N(c4cc(-c5ccccc5)nc(-c5ccccc5)c4)c4cccc3c4)cc(-c3ccccc3)n2)cc1. The Labute approximate surface area is 368 Å². The number of benzene rings is 8. The number of para-hydroxylation sites is 1. The lowest BCUT2D eigenvalue weighted by Crippen LogP contribution is -2.17. The summed E-state index contributed by atoms with van der Waals surface area (Å²) in [6.07, 6.45) is 0. The third kappa shape index (κ3) is 7.49. The Morgan fingerprint density at radius 1 is 0.190 bits per heavy atom. The van der Waals surface area contributed by atoms with Crippen LogP contribution in [0.5, 0.6) is 0 Å². The van der Waals surface area contributed by atoms with Crippen molar-refractivity contribution >= 4 is 51.2 Å². The van der Waals surface area contributed by atoms with Crippen LogP contribution in [0.3, 0.4) is 0 Å². The molecule has 0 amide bonds. The number of anilines is 9. The predicted octanol–water partition coefficient (Wildman–Crippen LogP) is 15.9. The van der Waals surface area contributed by atoms with Crippen LogP contribution in [0.4, 0.5) is 51.2 Å². The molecule has 0 saturated carbocycles. The molecule has 10 aromatic rings. The molecule has 1 aliphatic heterocycles. The molecule has 0 fully saturated rings. The normalized spacial score (nSPS) is 12.0. The minimum absolute atomic E-state index is 0.895. The van der Waals surface area contributed by atoms with Gasteiger partial charge in [0.2, 0.25) is 0 Å². The summed E-state index contributed by atoms with van der Waals surface area (Å²) in [6.45, 7) is 0. The topological polar surface area (TPSA) is 35.5 Å². The molecule has 5 heteroatoms. The monoisotopic (exact) mass is 807 g/mol. The van der Waals surface area contributed by atoms with E-state index in [0.717, 1.165) is 96.2 Å². The van der Waals surface area contributed by atoms with Gasteiger partial charge in [-0.05, 0) is 91.0 Å². The van der Waals surface area contributed by atoms with Crippen LogP contribution >= 0.6 is 0 Å². The van der Waals surface area contributed by atoms with Crippen molar-refractivity contribution in [1.82, 2.24) is 9.97 Å². The van der Waals surface area contributed by atoms with Crippen molar-refractivity contribution < 1.29 is 0 Å². The molecule has 6 bridgehead atoms. The molecule has 2 aromatic heterocycles. The van der Waals surface area contributed by atoms with Crippen molar-refractivity contribution in [2.24, 2.45) is 0 Å². The first-order valence-corrected chi connectivity index (χ1v) is 21.2. The highest BCUT2D eigenvalue weighted by Crippen LogP contribution is 2.47. The molecule has 0 saturated heterocycles. The number of hydrogen-bond donors (Lipinski definition) is 0. The van der Waals surface area contributed by atoms with Gasteiger partial charge in [0, 0.05) is 62.1 Å². The summed E-state index contributed by atoms with van der Waals surface area (Å²) in [6, 6.07) is 87.8. The first-order valence-electron chi connectivity index (χ1n) is 21.2. The van der Waals surface area contributed by atoms with Gasteiger partial charge >= 0.3 is 0 Å². The smallest absolute Gasteiger partial charge is 0.0730 e. The number of rotatable bonds is 7. The van der Waals surface area contributed by atoms with Crippen LogP contribution in [-0.2, 0) is 0 Å². The summed E-state index contributed by atoms with van der Waals surface area (Å²) >= 11 is 0. The second kappa shape index (κ2) is 16.5. The summed E-state index contributed by atoms with van der Waals surface area (Å²) in [5.41, 5.74) is 16.9. The zero-order chi connectivity index (χ0) is 42.0. The zero-order valence-electron chi connectivity index (χ0n) is 34.4. The van der Waals surface area contributed by atoms with Crippen molar-refractivity contribution in [3.63, 3.8) is 0 Å². The number of hydrogen-bond acceptors (Lipinski definition) is 5. The maximum Gasteiger partial charge on any atom is 0.0730 e. The van der Waals surface area contributed by atoms with Crippen molar-refractivity contribution in [2.45, 2.75) is 0 Å². The fourth-order valence-corrected chi connectivity index (χ4v) is 8.55. The van der Waals surface area contributed by atoms with Gasteiger partial charge in [0.1, 0.15) is 0 Å². The zero-order valence-corrected chi connectivity index (χ0v) is 34.4. The minimum atomic E-state index is 0.895. The molecule has 0 atom stereocenters. The number of pyridine rings is 2. The quantitative estimate of drug-likeness (QED) is 0.160. The fourth-order valence-electron chi connectivity index (χ4n) is 8.55. The van der Waals surface area contributed by atoms with Gasteiger partial charge in [-0.25, -0.2) is 9.97 Å². The van der Waals surface area contributed by atoms with Gasteiger partial charge in [-0.2, -0.15) is 0 Å². The molecule has 0 spiro atoms. The molecule has 298 valence electrons. The van der Waals surface area contributed by atoms with E-state index in [4.69, 9.17) is 9.97 Å². The minimum Gasteiger partial charge on any atom is -0.310 e. The number of nitrogens with zero attached hydrogens (tertiary/aromatic N) is 5. The largest absolute Gasteiger partial charge is 0.310 e. The van der Waals surface area contributed by atoms with Crippen molar-refractivity contribution in [3.05, 3.63) is 249 Å². The van der Waals surface area contributed by atoms with Gasteiger partial charge in [0.25, 0.3) is 0 Å². The van der Waals surface area contributed by atoms with Crippen LogP contribution in [0, 0.1) is 0 Å². The molecule has 0 aliphatic carbocycles. The predicted molar refractivity (Wildman–Crippen MR) is 261 cm³/mol. The van der Waals surface area contributed by atoms with Gasteiger partial charge in [0.05, 0.1) is 34.2 Å². The summed E-state index contributed by atoms with van der Waals surface area (Å²) in [5, 5.41) is 0. The average molecular weight is 808 g/mol. The Morgan fingerprint density at radius 3 is 0.683 bits per heavy atom. The molecule has 3 heterocycles. The Hall–Kier alpha value is -8.54. The summed E-state index contributed by atoms with van der Waals surface area (Å²) in [7, 11) is 0. The number of aromatic nitrogens is 2. The molecular formula is C58H41N5. The third-order valence-electron chi connectivity index (χ3n) is 11.5. The maximum absolute atomic E-state index is 5.27. The van der Waals surface area contributed by atoms with E-state index in [9.17, 15) is 0 Å². The van der Waals surface area contributed by atoms with Crippen LogP contribution in [0.2, 0.25) is 0 Å². The molecule has 11 rings (SSSR count). The fraction of sp³-hybridized carbons (Fsp3) is 0. The molecule has 1 aliphatic rings. The average Bonchev–Trinajstić information content (AvgIpc) is 3.36. The van der Waals surface area contributed by atoms with Gasteiger partial charge < -0.3 is 14.7 Å². The lowest BCUT2D eigenvalue weighted by atomic mass is 10.0. The van der Waals surface area contributed by atoms with Gasteiger partial charge in [0.15, 0.2) is 0 Å². The van der Waals surface area contributed by atoms with E-state index in [-0.39, 0.29) is 0 Å². The Morgan fingerprint density at radius 2 is 0.413 bits per heavy atom. The first-order chi connectivity index (χ1) is 31.2. The van der Waals surface area contributed by atoms with Crippen molar-refractivity contribution in [2.75, 3.05) is 14.7 Å². The highest BCUT2D eigenvalue weighted by molar-refractivity contribution is 5.91. The molecule has 8 aromatic carbocycles. The van der Waals surface area contributed by atoms with E-state index in [1.807, 2.05) is 24.3 Å². The lowest BCUT2D eigenvalue weighted by molar-refractivity contribution is 1.20. The van der Waals surface area contributed by atoms with E-state index in [1.165, 1.54) is 0 Å². The summed E-state index contributed by atoms with van der Waals surface area (Å²) in [4.78, 5) is 17.6. The summed E-state index contributed by atoms with van der Waals surface area (Å²) < 4.78 is 0. The second-order valence-corrected chi connectivity index (χ2v) is 15.6. The standard InChI is InChI=1S/C58H41N5/c1-6-19-42(20-7-1)55-38-53(39-56(59-55)43-21-8-2-9-22-43)62-49-31-16-29-47(35-49)61(46-27-14-5-15-28-46)48-30-17-32-50(36-48)63(52-34-18-33-51(62)37-52)54-40-57(44-23-10-3-11-24-44)60-58(41-54)45-25-12-4-13-26-45/h1-41H. The first kappa shape index (κ1) is 37.5. The maximum atomic E-state index is 5.27. The molecule has 0 unspecified atom stereocenters. The van der Waals surface area contributed by atoms with Crippen LogP contribution in [0.1, 0.15) is 0 Å². The van der Waals surface area contributed by atoms with Gasteiger partial charge in [-0.1, -0.05) is 158 Å². The van der Waals surface area contributed by atoms with Crippen LogP contribution < -0.4 is 14.7 Å². The highest BCUT2D eigenvalue weighted by Gasteiger charge is 2.24. The molecule has 0 N–H and O–H groups in total. The second-order valence-electron chi connectivity index (χ2n) is 15.6. The molecule has 0 radical (unpaired) electrons. The summed E-state index contributed by atoms with van der Waals surface area (Å²) in [5.74, 6) is 0. The molecule has 63 heavy (non-hydrogen) atoms. The van der Waals surface area contributed by atoms with Crippen molar-refractivity contribution in [3.8, 4) is 45.0 Å². The van der Waals surface area contributed by atoms with Crippen LogP contribution in [0.25, 0.3) is 45.0 Å². The van der Waals surface area contributed by atoms with Gasteiger partial charge in [-0.15, -0.1) is 0 Å². The van der Waals surface area contributed by atoms with Crippen molar-refractivity contribution in [1.29, 1.82) is 0 Å². The van der Waals surface area contributed by atoms with Crippen LogP contribution in [-0.4, -0.2) is 9.97 Å². The van der Waals surface area contributed by atoms with E-state index in [2.05, 4.69) is 239 Å². The van der Waals surface area contributed by atoms with E-state index in [1.54, 1.807) is 0 Å².